The van der Waals surface area contributed by atoms with Crippen molar-refractivity contribution in [2.24, 2.45) is 5.73 Å². The number of rotatable bonds is 1. The Morgan fingerprint density at radius 3 is 2.88 bits per heavy atom. The minimum atomic E-state index is 0.238. The Kier molecular flexibility index (Phi) is 1.26. The molecule has 1 heterocycles. The van der Waals surface area contributed by atoms with E-state index in [0.29, 0.717) is 5.76 Å². The summed E-state index contributed by atoms with van der Waals surface area (Å²) in [6.45, 7) is 0. The van der Waals surface area contributed by atoms with Crippen molar-refractivity contribution in [2.45, 2.75) is 0 Å². The second kappa shape index (κ2) is 1.92. The monoisotopic (exact) mass is 128 g/mol. The summed E-state index contributed by atoms with van der Waals surface area (Å²) in [5.74, 6) is 0.458. The number of thiocarbonyl (C=S) groups is 1. The first-order chi connectivity index (χ1) is 3.80. The summed E-state index contributed by atoms with van der Waals surface area (Å²) >= 11 is 4.56. The Bertz CT molecular complexity index is 182. The van der Waals surface area contributed by atoms with Gasteiger partial charge < -0.3 is 10.3 Å². The normalized spacial score (nSPS) is 9.00. The van der Waals surface area contributed by atoms with Gasteiger partial charge in [-0.1, -0.05) is 17.4 Å². The average Bonchev–Trinajstić information content (AvgIpc) is 2.12. The Balaban J connectivity index is 2.93. The van der Waals surface area contributed by atoms with Gasteiger partial charge in [0.1, 0.15) is 4.99 Å². The number of nitrogens with zero attached hydrogens (tertiary/aromatic N) is 1. The largest absolute Gasteiger partial charge is 0.387 e. The maximum atomic E-state index is 5.16. The van der Waals surface area contributed by atoms with Crippen molar-refractivity contribution in [3.05, 3.63) is 18.0 Å². The van der Waals surface area contributed by atoms with E-state index >= 15 is 0 Å². The van der Waals surface area contributed by atoms with Gasteiger partial charge in [0.15, 0.2) is 5.76 Å². The van der Waals surface area contributed by atoms with Crippen LogP contribution in [0.3, 0.4) is 0 Å². The van der Waals surface area contributed by atoms with Crippen LogP contribution in [0.1, 0.15) is 5.76 Å². The molecule has 0 spiro atoms. The fraction of sp³-hybridized carbons (Fsp3) is 0. The van der Waals surface area contributed by atoms with Crippen molar-refractivity contribution in [2.75, 3.05) is 0 Å². The molecule has 0 aromatic carbocycles. The van der Waals surface area contributed by atoms with E-state index in [-0.39, 0.29) is 4.99 Å². The Labute approximate surface area is 51.5 Å². The lowest BCUT2D eigenvalue weighted by molar-refractivity contribution is 0.414. The first-order valence-corrected chi connectivity index (χ1v) is 2.42. The van der Waals surface area contributed by atoms with Crippen LogP contribution in [0.4, 0.5) is 0 Å². The summed E-state index contributed by atoms with van der Waals surface area (Å²) in [7, 11) is 0. The zero-order chi connectivity index (χ0) is 5.98. The average molecular weight is 128 g/mol. The van der Waals surface area contributed by atoms with E-state index in [1.165, 1.54) is 6.20 Å². The van der Waals surface area contributed by atoms with E-state index in [1.54, 1.807) is 6.07 Å². The molecule has 0 unspecified atom stereocenters. The highest BCUT2D eigenvalue weighted by Gasteiger charge is 1.96. The molecule has 0 bridgehead atoms. The maximum absolute atomic E-state index is 5.16. The molecule has 8 heavy (non-hydrogen) atoms. The maximum Gasteiger partial charge on any atom is 0.193 e. The molecule has 0 radical (unpaired) electrons. The predicted octanol–water partition coefficient (Wildman–Crippen LogP) is 0.309. The molecule has 0 saturated carbocycles. The molecule has 3 nitrogen and oxygen atoms in total. The number of hydrogen-bond acceptors (Lipinski definition) is 3. The first-order valence-electron chi connectivity index (χ1n) is 2.01. The van der Waals surface area contributed by atoms with E-state index in [2.05, 4.69) is 21.9 Å². The van der Waals surface area contributed by atoms with Gasteiger partial charge in [0, 0.05) is 6.07 Å². The van der Waals surface area contributed by atoms with E-state index in [1.807, 2.05) is 0 Å². The van der Waals surface area contributed by atoms with Crippen LogP contribution < -0.4 is 5.73 Å². The topological polar surface area (TPSA) is 52.0 Å². The zero-order valence-corrected chi connectivity index (χ0v) is 4.81. The molecule has 4 heteroatoms. The van der Waals surface area contributed by atoms with Crippen molar-refractivity contribution < 1.29 is 4.52 Å². The van der Waals surface area contributed by atoms with Crippen molar-refractivity contribution in [3.63, 3.8) is 0 Å². The number of aromatic nitrogens is 1. The molecule has 0 aliphatic carbocycles. The minimum Gasteiger partial charge on any atom is -0.387 e. The molecule has 1 aromatic rings. The molecule has 1 aromatic heterocycles. The summed E-state index contributed by atoms with van der Waals surface area (Å²) in [5, 5.41) is 3.40. The van der Waals surface area contributed by atoms with Crippen LogP contribution in [-0.2, 0) is 0 Å². The van der Waals surface area contributed by atoms with Gasteiger partial charge in [-0.2, -0.15) is 0 Å². The second-order valence-corrected chi connectivity index (χ2v) is 1.68. The molecular weight excluding hydrogens is 124 g/mol. The fourth-order valence-corrected chi connectivity index (χ4v) is 0.448. The molecule has 0 saturated heterocycles. The highest BCUT2D eigenvalue weighted by Crippen LogP contribution is 1.93. The SMILES string of the molecule is NC(=S)c1ccno1. The summed E-state index contributed by atoms with van der Waals surface area (Å²) in [6.07, 6.45) is 1.49. The summed E-state index contributed by atoms with van der Waals surface area (Å²) in [6, 6.07) is 1.61. The second-order valence-electron chi connectivity index (χ2n) is 1.24. The third kappa shape index (κ3) is 0.840. The van der Waals surface area contributed by atoms with Crippen LogP contribution in [0.25, 0.3) is 0 Å². The Morgan fingerprint density at radius 1 is 1.88 bits per heavy atom. The number of hydrogen-bond donors (Lipinski definition) is 1. The highest BCUT2D eigenvalue weighted by molar-refractivity contribution is 7.80. The van der Waals surface area contributed by atoms with Gasteiger partial charge in [0.25, 0.3) is 0 Å². The van der Waals surface area contributed by atoms with E-state index in [4.69, 9.17) is 5.73 Å². The van der Waals surface area contributed by atoms with Gasteiger partial charge in [-0.25, -0.2) is 0 Å². The molecule has 0 aliphatic rings. The quantitative estimate of drug-likeness (QED) is 0.553. The lowest BCUT2D eigenvalue weighted by atomic mass is 10.5. The van der Waals surface area contributed by atoms with Crippen LogP contribution in [-0.4, -0.2) is 10.1 Å². The zero-order valence-electron chi connectivity index (χ0n) is 4.00. The Hall–Kier alpha value is -0.900. The highest BCUT2D eigenvalue weighted by atomic mass is 32.1. The van der Waals surface area contributed by atoms with Crippen LogP contribution in [0, 0.1) is 0 Å². The Morgan fingerprint density at radius 2 is 2.62 bits per heavy atom. The van der Waals surface area contributed by atoms with Crippen LogP contribution in [0.2, 0.25) is 0 Å². The lowest BCUT2D eigenvalue weighted by Gasteiger charge is -1.82. The molecule has 0 amide bonds. The fourth-order valence-electron chi connectivity index (χ4n) is 0.343. The molecule has 0 fully saturated rings. The van der Waals surface area contributed by atoms with Crippen molar-refractivity contribution >= 4 is 17.2 Å². The smallest absolute Gasteiger partial charge is 0.193 e. The van der Waals surface area contributed by atoms with Crippen LogP contribution in [0.15, 0.2) is 16.8 Å². The summed E-state index contributed by atoms with van der Waals surface area (Å²) in [5.41, 5.74) is 5.16. The molecule has 2 N–H and O–H groups in total. The van der Waals surface area contributed by atoms with Gasteiger partial charge in [-0.3, -0.25) is 0 Å². The van der Waals surface area contributed by atoms with Crippen molar-refractivity contribution in [3.8, 4) is 0 Å². The molecular formula is C4H4N2OS. The third-order valence-electron chi connectivity index (χ3n) is 0.681. The molecule has 0 aliphatic heterocycles. The molecule has 0 atom stereocenters. The first kappa shape index (κ1) is 5.24. The van der Waals surface area contributed by atoms with Gasteiger partial charge in [-0.15, -0.1) is 0 Å². The summed E-state index contributed by atoms with van der Waals surface area (Å²) in [4.78, 5) is 0.238. The minimum absolute atomic E-state index is 0.238. The van der Waals surface area contributed by atoms with Crippen LogP contribution >= 0.6 is 12.2 Å². The number of nitrogens with two attached hydrogens (primary N) is 1. The molecule has 42 valence electrons. The summed E-state index contributed by atoms with van der Waals surface area (Å²) < 4.78 is 4.58. The van der Waals surface area contributed by atoms with Gasteiger partial charge in [0.05, 0.1) is 6.20 Å². The van der Waals surface area contributed by atoms with Crippen molar-refractivity contribution in [1.29, 1.82) is 0 Å². The molecule has 1 rings (SSSR count). The van der Waals surface area contributed by atoms with E-state index in [0.717, 1.165) is 0 Å². The van der Waals surface area contributed by atoms with E-state index < -0.39 is 0 Å². The van der Waals surface area contributed by atoms with Crippen LogP contribution in [0.5, 0.6) is 0 Å². The van der Waals surface area contributed by atoms with Gasteiger partial charge >= 0.3 is 0 Å². The predicted molar refractivity (Wildman–Crippen MR) is 32.4 cm³/mol. The standard InChI is InChI=1S/C4H4N2OS/c5-4(8)3-1-2-6-7-3/h1-2H,(H2,5,8). The van der Waals surface area contributed by atoms with Crippen molar-refractivity contribution in [1.82, 2.24) is 5.16 Å². The van der Waals surface area contributed by atoms with E-state index in [9.17, 15) is 0 Å². The third-order valence-corrected chi connectivity index (χ3v) is 0.882. The van der Waals surface area contributed by atoms with Gasteiger partial charge in [-0.05, 0) is 0 Å². The lowest BCUT2D eigenvalue weighted by Crippen LogP contribution is -2.07. The van der Waals surface area contributed by atoms with Gasteiger partial charge in [0.2, 0.25) is 0 Å².